The first kappa shape index (κ1) is 14.7. The number of hydrogen-bond donors (Lipinski definition) is 1. The van der Waals surface area contributed by atoms with E-state index in [-0.39, 0.29) is 0 Å². The summed E-state index contributed by atoms with van der Waals surface area (Å²) in [5.41, 5.74) is 2.20. The number of nitrogens with zero attached hydrogens (tertiary/aromatic N) is 1. The SMILES string of the molecule is ClC(Cl)OCc1cnc(SCCc2ccccc2)[nH]1. The van der Waals surface area contributed by atoms with Crippen molar-refractivity contribution in [3.63, 3.8) is 0 Å². The normalized spacial score (nSPS) is 11.1. The van der Waals surface area contributed by atoms with E-state index >= 15 is 0 Å². The van der Waals surface area contributed by atoms with E-state index in [9.17, 15) is 0 Å². The highest BCUT2D eigenvalue weighted by Crippen LogP contribution is 2.16. The van der Waals surface area contributed by atoms with Crippen LogP contribution in [0.25, 0.3) is 0 Å². The summed E-state index contributed by atoms with van der Waals surface area (Å²) >= 11 is 12.7. The molecule has 6 heteroatoms. The number of rotatable bonds is 7. The topological polar surface area (TPSA) is 37.9 Å². The molecule has 0 spiro atoms. The quantitative estimate of drug-likeness (QED) is 0.619. The minimum atomic E-state index is -0.808. The second-order valence-electron chi connectivity index (χ2n) is 3.87. The van der Waals surface area contributed by atoms with E-state index in [0.717, 1.165) is 23.0 Å². The molecule has 0 aliphatic rings. The van der Waals surface area contributed by atoms with E-state index < -0.39 is 5.02 Å². The van der Waals surface area contributed by atoms with E-state index in [4.69, 9.17) is 27.9 Å². The zero-order valence-corrected chi connectivity index (χ0v) is 12.5. The van der Waals surface area contributed by atoms with Crippen molar-refractivity contribution in [2.75, 3.05) is 5.75 Å². The maximum absolute atomic E-state index is 5.49. The number of thioether (sulfide) groups is 1. The number of alkyl halides is 2. The van der Waals surface area contributed by atoms with Gasteiger partial charge in [-0.05, 0) is 12.0 Å². The lowest BCUT2D eigenvalue weighted by atomic mass is 10.2. The Morgan fingerprint density at radius 1 is 1.26 bits per heavy atom. The number of halogens is 2. The second-order valence-corrected chi connectivity index (χ2v) is 5.97. The van der Waals surface area contributed by atoms with Crippen molar-refractivity contribution in [3.05, 3.63) is 47.8 Å². The van der Waals surface area contributed by atoms with Crippen LogP contribution in [0, 0.1) is 0 Å². The van der Waals surface area contributed by atoms with E-state index in [0.29, 0.717) is 6.61 Å². The molecule has 0 saturated heterocycles. The van der Waals surface area contributed by atoms with E-state index in [1.165, 1.54) is 5.56 Å². The highest BCUT2D eigenvalue weighted by molar-refractivity contribution is 7.99. The average molecular weight is 317 g/mol. The van der Waals surface area contributed by atoms with E-state index in [1.807, 2.05) is 6.07 Å². The number of H-pyrrole nitrogens is 1. The Morgan fingerprint density at radius 2 is 2.05 bits per heavy atom. The van der Waals surface area contributed by atoms with Crippen LogP contribution in [0.15, 0.2) is 41.7 Å². The van der Waals surface area contributed by atoms with Crippen molar-refractivity contribution >= 4 is 35.0 Å². The minimum Gasteiger partial charge on any atom is -0.343 e. The fraction of sp³-hybridized carbons (Fsp3) is 0.308. The second kappa shape index (κ2) is 7.80. The smallest absolute Gasteiger partial charge is 0.206 e. The van der Waals surface area contributed by atoms with E-state index in [2.05, 4.69) is 34.2 Å². The summed E-state index contributed by atoms with van der Waals surface area (Å²) in [6.45, 7) is 0.337. The molecule has 0 radical (unpaired) electrons. The van der Waals surface area contributed by atoms with Crippen molar-refractivity contribution in [2.45, 2.75) is 23.2 Å². The van der Waals surface area contributed by atoms with Crippen molar-refractivity contribution < 1.29 is 4.74 Å². The van der Waals surface area contributed by atoms with Gasteiger partial charge in [0.15, 0.2) is 5.16 Å². The summed E-state index contributed by atoms with van der Waals surface area (Å²) in [4.78, 5) is 7.43. The van der Waals surface area contributed by atoms with Crippen LogP contribution in [0.3, 0.4) is 0 Å². The van der Waals surface area contributed by atoms with Gasteiger partial charge in [-0.2, -0.15) is 0 Å². The fourth-order valence-electron chi connectivity index (χ4n) is 1.55. The molecule has 1 aromatic carbocycles. The van der Waals surface area contributed by atoms with Crippen LogP contribution in [0.1, 0.15) is 11.3 Å². The standard InChI is InChI=1S/C13H14Cl2N2OS/c14-12(15)18-9-11-8-16-13(17-11)19-7-6-10-4-2-1-3-5-10/h1-5,8,12H,6-7,9H2,(H,16,17). The number of hydrogen-bond acceptors (Lipinski definition) is 3. The van der Waals surface area contributed by atoms with Crippen LogP contribution in [0.4, 0.5) is 0 Å². The number of ether oxygens (including phenoxy) is 1. The highest BCUT2D eigenvalue weighted by Gasteiger charge is 2.04. The van der Waals surface area contributed by atoms with Crippen LogP contribution < -0.4 is 0 Å². The molecule has 0 unspecified atom stereocenters. The first-order chi connectivity index (χ1) is 9.24. The maximum Gasteiger partial charge on any atom is 0.206 e. The molecule has 0 fully saturated rings. The number of nitrogens with one attached hydrogen (secondary N) is 1. The summed E-state index contributed by atoms with van der Waals surface area (Å²) in [5, 5.41) is 0.0766. The van der Waals surface area contributed by atoms with Crippen molar-refractivity contribution in [3.8, 4) is 0 Å². The third kappa shape index (κ3) is 5.45. The number of aromatic nitrogens is 2. The molecule has 2 aromatic rings. The van der Waals surface area contributed by atoms with Gasteiger partial charge in [-0.25, -0.2) is 4.98 Å². The number of aryl methyl sites for hydroxylation is 1. The van der Waals surface area contributed by atoms with Crippen LogP contribution >= 0.6 is 35.0 Å². The molecule has 0 aliphatic heterocycles. The average Bonchev–Trinajstić information content (AvgIpc) is 2.86. The minimum absolute atomic E-state index is 0.337. The van der Waals surface area contributed by atoms with Gasteiger partial charge in [0.05, 0.1) is 18.5 Å². The van der Waals surface area contributed by atoms with Gasteiger partial charge >= 0.3 is 0 Å². The lowest BCUT2D eigenvalue weighted by Crippen LogP contribution is -1.97. The highest BCUT2D eigenvalue weighted by atomic mass is 35.5. The predicted molar refractivity (Wildman–Crippen MR) is 79.7 cm³/mol. The zero-order valence-electron chi connectivity index (χ0n) is 10.2. The van der Waals surface area contributed by atoms with Crippen LogP contribution in [-0.4, -0.2) is 20.7 Å². The first-order valence-electron chi connectivity index (χ1n) is 5.84. The molecule has 19 heavy (non-hydrogen) atoms. The zero-order chi connectivity index (χ0) is 13.5. The van der Waals surface area contributed by atoms with Gasteiger partial charge in [-0.1, -0.05) is 65.3 Å². The molecule has 1 N–H and O–H groups in total. The van der Waals surface area contributed by atoms with Gasteiger partial charge in [0.25, 0.3) is 0 Å². The summed E-state index contributed by atoms with van der Waals surface area (Å²) in [6, 6.07) is 10.4. The Balaban J connectivity index is 1.74. The van der Waals surface area contributed by atoms with Gasteiger partial charge in [-0.15, -0.1) is 0 Å². The Labute approximate surface area is 126 Å². The molecule has 102 valence electrons. The first-order valence-corrected chi connectivity index (χ1v) is 7.70. The van der Waals surface area contributed by atoms with Crippen LogP contribution in [0.2, 0.25) is 0 Å². The molecule has 3 nitrogen and oxygen atoms in total. The maximum atomic E-state index is 5.49. The largest absolute Gasteiger partial charge is 0.343 e. The van der Waals surface area contributed by atoms with Gasteiger partial charge in [0, 0.05) is 5.75 Å². The van der Waals surface area contributed by atoms with E-state index in [1.54, 1.807) is 18.0 Å². The predicted octanol–water partition coefficient (Wildman–Crippen LogP) is 4.02. The molecule has 0 saturated carbocycles. The van der Waals surface area contributed by atoms with Gasteiger partial charge in [0.2, 0.25) is 5.02 Å². The van der Waals surface area contributed by atoms with Crippen LogP contribution in [-0.2, 0) is 17.8 Å². The summed E-state index contributed by atoms with van der Waals surface area (Å²) in [6.07, 6.45) is 2.75. The van der Waals surface area contributed by atoms with Crippen molar-refractivity contribution in [1.82, 2.24) is 9.97 Å². The summed E-state index contributed by atoms with van der Waals surface area (Å²) < 4.78 is 5.07. The van der Waals surface area contributed by atoms with Crippen LogP contribution in [0.5, 0.6) is 0 Å². The molecule has 0 aliphatic carbocycles. The fourth-order valence-corrected chi connectivity index (χ4v) is 2.54. The Kier molecular flexibility index (Phi) is 6.04. The molecular formula is C13H14Cl2N2OS. The number of benzene rings is 1. The lowest BCUT2D eigenvalue weighted by Gasteiger charge is -2.01. The molecule has 1 aromatic heterocycles. The van der Waals surface area contributed by atoms with Crippen molar-refractivity contribution in [1.29, 1.82) is 0 Å². The molecule has 0 atom stereocenters. The summed E-state index contributed by atoms with van der Waals surface area (Å²) in [7, 11) is 0. The molecule has 0 amide bonds. The third-order valence-electron chi connectivity index (χ3n) is 2.44. The number of aromatic amines is 1. The monoisotopic (exact) mass is 316 g/mol. The number of imidazole rings is 1. The summed E-state index contributed by atoms with van der Waals surface area (Å²) in [5.74, 6) is 0.978. The molecule has 0 bridgehead atoms. The van der Waals surface area contributed by atoms with Gasteiger partial charge in [-0.3, -0.25) is 0 Å². The molecule has 1 heterocycles. The third-order valence-corrected chi connectivity index (χ3v) is 3.58. The van der Waals surface area contributed by atoms with Gasteiger partial charge < -0.3 is 9.72 Å². The molecule has 2 rings (SSSR count). The van der Waals surface area contributed by atoms with Crippen molar-refractivity contribution in [2.24, 2.45) is 0 Å². The Bertz CT molecular complexity index is 490. The Hall–Kier alpha value is -0.680. The Morgan fingerprint density at radius 3 is 2.79 bits per heavy atom. The molecular weight excluding hydrogens is 303 g/mol. The lowest BCUT2D eigenvalue weighted by molar-refractivity contribution is 0.138. The van der Waals surface area contributed by atoms with Gasteiger partial charge in [0.1, 0.15) is 0 Å².